The highest BCUT2D eigenvalue weighted by Crippen LogP contribution is 2.27. The number of hydrogen-bond donors (Lipinski definition) is 1. The van der Waals surface area contributed by atoms with Crippen LogP contribution >= 0.6 is 0 Å². The number of nitrogens with one attached hydrogen (secondary N) is 1. The summed E-state index contributed by atoms with van der Waals surface area (Å²) in [5.74, 6) is 0.234. The van der Waals surface area contributed by atoms with Crippen LogP contribution in [0.4, 0.5) is 10.1 Å². The summed E-state index contributed by atoms with van der Waals surface area (Å²) in [4.78, 5) is 0. The summed E-state index contributed by atoms with van der Waals surface area (Å²) >= 11 is 0. The van der Waals surface area contributed by atoms with E-state index in [1.54, 1.807) is 30.6 Å². The van der Waals surface area contributed by atoms with Crippen molar-refractivity contribution in [2.45, 2.75) is 12.8 Å². The van der Waals surface area contributed by atoms with Crippen molar-refractivity contribution in [3.63, 3.8) is 0 Å². The third-order valence-electron chi connectivity index (χ3n) is 4.97. The maximum atomic E-state index is 14.3. The van der Waals surface area contributed by atoms with Gasteiger partial charge in [-0.25, -0.2) is 12.8 Å². The maximum Gasteiger partial charge on any atom is 0.229 e. The molecule has 1 N–H and O–H groups in total. The number of sulfonamides is 1. The first-order valence-corrected chi connectivity index (χ1v) is 11.5. The van der Waals surface area contributed by atoms with Crippen molar-refractivity contribution in [3.05, 3.63) is 78.0 Å². The van der Waals surface area contributed by atoms with Gasteiger partial charge in [-0.1, -0.05) is 18.2 Å². The predicted octanol–water partition coefficient (Wildman–Crippen LogP) is 3.70. The number of nitrogens with zero attached hydrogens (tertiary/aromatic N) is 3. The third-order valence-corrected chi connectivity index (χ3v) is 5.57. The van der Waals surface area contributed by atoms with Crippen LogP contribution in [0, 0.1) is 5.82 Å². The van der Waals surface area contributed by atoms with E-state index >= 15 is 0 Å². The van der Waals surface area contributed by atoms with E-state index in [0.717, 1.165) is 23.1 Å². The highest BCUT2D eigenvalue weighted by Gasteiger charge is 2.13. The van der Waals surface area contributed by atoms with Gasteiger partial charge in [0.2, 0.25) is 10.0 Å². The number of halogens is 1. The summed E-state index contributed by atoms with van der Waals surface area (Å²) < 4.78 is 46.7. The van der Waals surface area contributed by atoms with Crippen LogP contribution in [0.1, 0.15) is 11.3 Å². The normalized spacial score (nSPS) is 11.6. The number of ether oxygens (including phenoxy) is 1. The molecule has 9 heteroatoms. The van der Waals surface area contributed by atoms with Crippen molar-refractivity contribution in [2.75, 3.05) is 18.1 Å². The van der Waals surface area contributed by atoms with Gasteiger partial charge in [0.05, 0.1) is 13.4 Å². The van der Waals surface area contributed by atoms with Crippen LogP contribution in [0.3, 0.4) is 0 Å². The number of benzene rings is 2. The largest absolute Gasteiger partial charge is 0.496 e. The first-order valence-electron chi connectivity index (χ1n) is 9.57. The van der Waals surface area contributed by atoms with Gasteiger partial charge in [0, 0.05) is 22.5 Å². The van der Waals surface area contributed by atoms with E-state index in [9.17, 15) is 12.8 Å². The lowest BCUT2D eigenvalue weighted by molar-refractivity contribution is 0.404. The van der Waals surface area contributed by atoms with E-state index in [4.69, 9.17) is 4.74 Å². The average molecular weight is 441 g/mol. The monoisotopic (exact) mass is 440 g/mol. The number of anilines is 1. The Morgan fingerprint density at radius 1 is 1.06 bits per heavy atom. The number of pyridine rings is 1. The Bertz CT molecular complexity index is 1330. The zero-order valence-electron chi connectivity index (χ0n) is 17.0. The molecule has 31 heavy (non-hydrogen) atoms. The van der Waals surface area contributed by atoms with E-state index < -0.39 is 10.0 Å². The molecule has 0 aliphatic heterocycles. The molecule has 0 bridgehead atoms. The molecule has 4 rings (SSSR count). The van der Waals surface area contributed by atoms with E-state index in [0.29, 0.717) is 35.5 Å². The molecule has 0 unspecified atom stereocenters. The maximum absolute atomic E-state index is 14.3. The van der Waals surface area contributed by atoms with Gasteiger partial charge in [-0.2, -0.15) is 0 Å². The van der Waals surface area contributed by atoms with Crippen molar-refractivity contribution in [1.29, 1.82) is 0 Å². The van der Waals surface area contributed by atoms with Gasteiger partial charge in [0.15, 0.2) is 5.65 Å². The second-order valence-electron chi connectivity index (χ2n) is 7.14. The molecule has 2 heterocycles. The molecule has 0 saturated heterocycles. The fraction of sp³-hybridized carbons (Fsp3) is 0.182. The molecule has 4 aromatic rings. The first kappa shape index (κ1) is 20.8. The Balaban J connectivity index is 1.62. The van der Waals surface area contributed by atoms with Crippen LogP contribution in [-0.4, -0.2) is 36.4 Å². The Hall–Kier alpha value is -3.46. The van der Waals surface area contributed by atoms with Gasteiger partial charge < -0.3 is 4.74 Å². The molecule has 0 atom stereocenters. The quantitative estimate of drug-likeness (QED) is 0.474. The highest BCUT2D eigenvalue weighted by molar-refractivity contribution is 7.92. The first-order chi connectivity index (χ1) is 14.9. The minimum absolute atomic E-state index is 0.293. The smallest absolute Gasteiger partial charge is 0.229 e. The zero-order valence-corrected chi connectivity index (χ0v) is 17.9. The van der Waals surface area contributed by atoms with Crippen LogP contribution < -0.4 is 9.46 Å². The lowest BCUT2D eigenvalue weighted by Crippen LogP contribution is -2.09. The molecule has 2 aromatic carbocycles. The standard InChI is InChI=1S/C22H21FN4O3S/c1-30-21-5-3-4-20(23)19(21)13-11-17-10-12-18(22-25-24-14-27(17)22)15-6-8-16(9-7-15)26-31(2,28)29/h3-10,12,14,26H,11,13H2,1-2H3. The van der Waals surface area contributed by atoms with Crippen molar-refractivity contribution in [2.24, 2.45) is 0 Å². The van der Waals surface area contributed by atoms with Gasteiger partial charge in [-0.05, 0) is 54.8 Å². The zero-order chi connectivity index (χ0) is 22.0. The van der Waals surface area contributed by atoms with Crippen molar-refractivity contribution >= 4 is 21.4 Å². The summed E-state index contributed by atoms with van der Waals surface area (Å²) in [6.07, 6.45) is 3.78. The molecule has 0 fully saturated rings. The number of hydrogen-bond acceptors (Lipinski definition) is 5. The fourth-order valence-corrected chi connectivity index (χ4v) is 4.11. The Morgan fingerprint density at radius 3 is 2.55 bits per heavy atom. The molecule has 0 radical (unpaired) electrons. The van der Waals surface area contributed by atoms with Crippen molar-refractivity contribution < 1.29 is 17.5 Å². The van der Waals surface area contributed by atoms with Crippen LogP contribution in [0.2, 0.25) is 0 Å². The van der Waals surface area contributed by atoms with E-state index in [-0.39, 0.29) is 5.82 Å². The molecule has 0 spiro atoms. The lowest BCUT2D eigenvalue weighted by atomic mass is 10.0. The molecule has 0 saturated carbocycles. The van der Waals surface area contributed by atoms with Crippen molar-refractivity contribution in [1.82, 2.24) is 14.6 Å². The Labute approximate surface area is 179 Å². The van der Waals surface area contributed by atoms with E-state index in [2.05, 4.69) is 14.9 Å². The molecule has 0 aliphatic rings. The van der Waals surface area contributed by atoms with Gasteiger partial charge in [-0.3, -0.25) is 9.12 Å². The summed E-state index contributed by atoms with van der Waals surface area (Å²) in [7, 11) is -1.81. The van der Waals surface area contributed by atoms with Gasteiger partial charge in [0.25, 0.3) is 0 Å². The Kier molecular flexibility index (Phi) is 5.60. The van der Waals surface area contributed by atoms with E-state index in [1.807, 2.05) is 28.7 Å². The SMILES string of the molecule is COc1cccc(F)c1CCc1ccc(-c2ccc(NS(C)(=O)=O)cc2)c2nncn12. The summed E-state index contributed by atoms with van der Waals surface area (Å²) in [5, 5.41) is 8.29. The topological polar surface area (TPSA) is 85.6 Å². The van der Waals surface area contributed by atoms with Crippen molar-refractivity contribution in [3.8, 4) is 16.9 Å². The lowest BCUT2D eigenvalue weighted by Gasteiger charge is -2.12. The molecule has 160 valence electrons. The minimum Gasteiger partial charge on any atom is -0.496 e. The number of aryl methyl sites for hydroxylation is 1. The molecular formula is C22H21FN4O3S. The molecule has 0 amide bonds. The number of methoxy groups -OCH3 is 1. The van der Waals surface area contributed by atoms with Crippen LogP contribution in [0.5, 0.6) is 5.75 Å². The fourth-order valence-electron chi connectivity index (χ4n) is 3.55. The third kappa shape index (κ3) is 4.51. The number of aromatic nitrogens is 3. The summed E-state index contributed by atoms with van der Waals surface area (Å²) in [6.45, 7) is 0. The second-order valence-corrected chi connectivity index (χ2v) is 8.88. The molecule has 0 aliphatic carbocycles. The predicted molar refractivity (Wildman–Crippen MR) is 117 cm³/mol. The molecule has 7 nitrogen and oxygen atoms in total. The second kappa shape index (κ2) is 8.35. The van der Waals surface area contributed by atoms with Gasteiger partial charge in [0.1, 0.15) is 17.9 Å². The van der Waals surface area contributed by atoms with Gasteiger partial charge in [-0.15, -0.1) is 10.2 Å². The average Bonchev–Trinajstić information content (AvgIpc) is 3.22. The Morgan fingerprint density at radius 2 is 1.84 bits per heavy atom. The molecule has 2 aromatic heterocycles. The van der Waals surface area contributed by atoms with Crippen LogP contribution in [0.25, 0.3) is 16.8 Å². The minimum atomic E-state index is -3.34. The highest BCUT2D eigenvalue weighted by atomic mass is 32.2. The van der Waals surface area contributed by atoms with Crippen LogP contribution in [0.15, 0.2) is 60.9 Å². The molecular weight excluding hydrogens is 419 g/mol. The number of rotatable bonds is 7. The summed E-state index contributed by atoms with van der Waals surface area (Å²) in [5.41, 5.74) is 4.35. The van der Waals surface area contributed by atoms with E-state index in [1.165, 1.54) is 13.2 Å². The van der Waals surface area contributed by atoms with Gasteiger partial charge >= 0.3 is 0 Å². The van der Waals surface area contributed by atoms with Crippen LogP contribution in [-0.2, 0) is 22.9 Å². The number of fused-ring (bicyclic) bond motifs is 1. The summed E-state index contributed by atoms with van der Waals surface area (Å²) in [6, 6.07) is 15.7.